The maximum atomic E-state index is 15.6. The van der Waals surface area contributed by atoms with Crippen molar-refractivity contribution < 1.29 is 40.2 Å². The van der Waals surface area contributed by atoms with Gasteiger partial charge < -0.3 is 4.74 Å². The average Bonchev–Trinajstić information content (AvgIpc) is 2.54. The number of ether oxygens (including phenoxy) is 2. The Bertz CT molecular complexity index is 628. The van der Waals surface area contributed by atoms with Gasteiger partial charge in [0.1, 0.15) is 6.10 Å². The lowest BCUT2D eigenvalue weighted by molar-refractivity contribution is -0.424. The van der Waals surface area contributed by atoms with Gasteiger partial charge in [0.15, 0.2) is 5.67 Å². The van der Waals surface area contributed by atoms with Crippen LogP contribution in [0.25, 0.3) is 0 Å². The first-order chi connectivity index (χ1) is 12.4. The molecule has 4 unspecified atom stereocenters. The summed E-state index contributed by atoms with van der Waals surface area (Å²) < 4.78 is 107. The van der Waals surface area contributed by atoms with Gasteiger partial charge in [-0.2, -0.15) is 0 Å². The molecule has 0 radical (unpaired) electrons. The Labute approximate surface area is 160 Å². The first-order valence-electron chi connectivity index (χ1n) is 8.18. The van der Waals surface area contributed by atoms with Crippen molar-refractivity contribution in [2.24, 2.45) is 0 Å². The zero-order valence-corrected chi connectivity index (χ0v) is 16.2. The van der Waals surface area contributed by atoms with Crippen molar-refractivity contribution in [1.29, 1.82) is 0 Å². The second kappa shape index (κ2) is 8.41. The zero-order valence-electron chi connectivity index (χ0n) is 16.2. The van der Waals surface area contributed by atoms with Gasteiger partial charge in [0.05, 0.1) is 0 Å². The molecule has 0 aliphatic heterocycles. The minimum atomic E-state index is -5.66. The average molecular weight is 418 g/mol. The predicted molar refractivity (Wildman–Crippen MR) is 93.4 cm³/mol. The lowest BCUT2D eigenvalue weighted by Crippen LogP contribution is -2.64. The van der Waals surface area contributed by atoms with E-state index in [-0.39, 0.29) is 25.0 Å². The molecule has 0 saturated carbocycles. The summed E-state index contributed by atoms with van der Waals surface area (Å²) in [5.41, 5.74) is -8.09. The highest BCUT2D eigenvalue weighted by atomic mass is 19.4. The molecule has 9 heteroatoms. The van der Waals surface area contributed by atoms with Gasteiger partial charge in [-0.15, -0.1) is 13.2 Å². The van der Waals surface area contributed by atoms with Crippen molar-refractivity contribution >= 4 is 0 Å². The fourth-order valence-electron chi connectivity index (χ4n) is 2.79. The minimum absolute atomic E-state index is 0.0201. The number of rotatable bonds is 11. The largest absolute Gasteiger partial charge is 0.525 e. The molecule has 0 rings (SSSR count). The molecule has 5 atom stereocenters. The molecule has 0 aliphatic rings. The fraction of sp³-hybridized carbons (Fsp3) is 0.579. The molecule has 2 nitrogen and oxygen atoms in total. The normalized spacial score (nSPS) is 22.0. The highest BCUT2D eigenvalue weighted by Gasteiger charge is 2.70. The number of hydrogen-bond acceptors (Lipinski definition) is 2. The van der Waals surface area contributed by atoms with Gasteiger partial charge in [0.25, 0.3) is 17.4 Å². The molecule has 0 aromatic heterocycles. The fourth-order valence-corrected chi connectivity index (χ4v) is 2.79. The van der Waals surface area contributed by atoms with Crippen molar-refractivity contribution in [2.75, 3.05) is 0 Å². The van der Waals surface area contributed by atoms with Crippen LogP contribution in [0.4, 0.5) is 30.7 Å². The van der Waals surface area contributed by atoms with Crippen LogP contribution in [0, 0.1) is 0 Å². The van der Waals surface area contributed by atoms with Gasteiger partial charge in [0.2, 0.25) is 0 Å². The molecule has 0 aromatic rings. The first-order valence-corrected chi connectivity index (χ1v) is 8.18. The number of halogens is 7. The smallest absolute Gasteiger partial charge is 0.332 e. The minimum Gasteiger partial charge on any atom is -0.332 e. The second-order valence-electron chi connectivity index (χ2n) is 6.52. The molecule has 0 fully saturated rings. The molecule has 0 aromatic carbocycles. The van der Waals surface area contributed by atoms with E-state index in [9.17, 15) is 17.6 Å². The Balaban J connectivity index is 6.52. The second-order valence-corrected chi connectivity index (χ2v) is 6.52. The van der Waals surface area contributed by atoms with Crippen LogP contribution in [0.5, 0.6) is 0 Å². The van der Waals surface area contributed by atoms with Crippen LogP contribution in [0.15, 0.2) is 49.6 Å². The van der Waals surface area contributed by atoms with Gasteiger partial charge in [-0.1, -0.05) is 33.2 Å². The van der Waals surface area contributed by atoms with Gasteiger partial charge in [-0.3, -0.25) is 4.74 Å². The van der Waals surface area contributed by atoms with E-state index in [1.54, 1.807) is 0 Å². The van der Waals surface area contributed by atoms with Gasteiger partial charge in [-0.05, 0) is 50.5 Å². The topological polar surface area (TPSA) is 18.5 Å². The van der Waals surface area contributed by atoms with Gasteiger partial charge in [0, 0.05) is 0 Å². The highest BCUT2D eigenvalue weighted by molar-refractivity contribution is 5.28. The number of hydrogen-bond donors (Lipinski definition) is 0. The van der Waals surface area contributed by atoms with Gasteiger partial charge >= 0.3 is 6.36 Å². The van der Waals surface area contributed by atoms with Crippen molar-refractivity contribution in [3.05, 3.63) is 49.6 Å². The van der Waals surface area contributed by atoms with E-state index in [4.69, 9.17) is 4.74 Å². The van der Waals surface area contributed by atoms with Crippen molar-refractivity contribution in [3.63, 3.8) is 0 Å². The molecule has 0 heterocycles. The van der Waals surface area contributed by atoms with Crippen molar-refractivity contribution in [2.45, 2.75) is 69.6 Å². The van der Waals surface area contributed by atoms with Crippen LogP contribution in [0.1, 0.15) is 34.1 Å². The van der Waals surface area contributed by atoms with Gasteiger partial charge in [-0.25, -0.2) is 17.6 Å². The lowest BCUT2D eigenvalue weighted by atomic mass is 9.82. The summed E-state index contributed by atoms with van der Waals surface area (Å²) >= 11 is 0. The summed E-state index contributed by atoms with van der Waals surface area (Å²) in [6.45, 7) is 15.9. The van der Waals surface area contributed by atoms with E-state index >= 15 is 13.2 Å². The summed E-state index contributed by atoms with van der Waals surface area (Å²) in [4.78, 5) is 0. The lowest BCUT2D eigenvalue weighted by Gasteiger charge is -2.46. The van der Waals surface area contributed by atoms with Crippen LogP contribution in [-0.2, 0) is 9.47 Å². The molecule has 0 amide bonds. The molecular weight excluding hydrogens is 393 g/mol. The maximum Gasteiger partial charge on any atom is 0.525 e. The molecule has 0 bridgehead atoms. The van der Waals surface area contributed by atoms with E-state index in [0.29, 0.717) is 6.08 Å². The zero-order chi connectivity index (χ0) is 22.8. The Hall–Kier alpha value is -1.61. The Morgan fingerprint density at radius 3 is 1.64 bits per heavy atom. The number of alkyl halides is 7. The molecule has 0 aliphatic carbocycles. The summed E-state index contributed by atoms with van der Waals surface area (Å²) in [5, 5.41) is 0. The molecule has 28 heavy (non-hydrogen) atoms. The van der Waals surface area contributed by atoms with E-state index in [2.05, 4.69) is 31.1 Å². The quantitative estimate of drug-likeness (QED) is 0.278. The maximum absolute atomic E-state index is 15.6. The summed E-state index contributed by atoms with van der Waals surface area (Å²) in [6, 6.07) is 0. The summed E-state index contributed by atoms with van der Waals surface area (Å²) in [7, 11) is 0. The van der Waals surface area contributed by atoms with E-state index < -0.39 is 41.1 Å². The summed E-state index contributed by atoms with van der Waals surface area (Å²) in [6.07, 6.45) is -6.99. The Morgan fingerprint density at radius 2 is 1.39 bits per heavy atom. The standard InChI is InChI=1S/C19H25F7O2/c1-9-14(16(21,10-2)12(4)5)27-17(22,11-3)18(23,13(6)7)15(8,20)28-19(24,25)26/h10-11,14H,2-4,6,9H2,1,5,7-8H3/t14?,15?,16?,17-,18?/m0/s1. The predicted octanol–water partition coefficient (Wildman–Crippen LogP) is 6.61. The van der Waals surface area contributed by atoms with Crippen LogP contribution in [0.2, 0.25) is 0 Å². The summed E-state index contributed by atoms with van der Waals surface area (Å²) in [5.74, 6) is -8.33. The van der Waals surface area contributed by atoms with Crippen LogP contribution in [0.3, 0.4) is 0 Å². The van der Waals surface area contributed by atoms with Crippen molar-refractivity contribution in [1.82, 2.24) is 0 Å². The Kier molecular flexibility index (Phi) is 7.92. The molecule has 162 valence electrons. The van der Waals surface area contributed by atoms with Crippen LogP contribution in [-0.4, -0.2) is 35.5 Å². The third-order valence-corrected chi connectivity index (χ3v) is 4.35. The van der Waals surface area contributed by atoms with E-state index in [0.717, 1.165) is 6.92 Å². The monoisotopic (exact) mass is 418 g/mol. The first kappa shape index (κ1) is 26.4. The Morgan fingerprint density at radius 1 is 0.929 bits per heavy atom. The SMILES string of the molecule is C=CC(F)(C(=C)C)C(CC)O[C@@](F)(C=C)C(F)(C(=C)C)C(C)(F)OC(F)(F)F. The van der Waals surface area contributed by atoms with Crippen molar-refractivity contribution in [3.8, 4) is 0 Å². The third-order valence-electron chi connectivity index (χ3n) is 4.35. The van der Waals surface area contributed by atoms with E-state index in [1.165, 1.54) is 13.8 Å². The van der Waals surface area contributed by atoms with E-state index in [1.807, 2.05) is 0 Å². The molecule has 0 N–H and O–H groups in total. The molecule has 0 saturated heterocycles. The highest BCUT2D eigenvalue weighted by Crippen LogP contribution is 2.51. The third kappa shape index (κ3) is 4.68. The van der Waals surface area contributed by atoms with Crippen LogP contribution < -0.4 is 0 Å². The molecule has 0 spiro atoms. The van der Waals surface area contributed by atoms with Crippen LogP contribution >= 0.6 is 0 Å². The molecular formula is C19H25F7O2.